The van der Waals surface area contributed by atoms with Crippen LogP contribution in [0.15, 0.2) is 34.9 Å². The Bertz CT molecular complexity index is 1040. The fraction of sp³-hybridized carbons (Fsp3) is 0.421. The zero-order valence-electron chi connectivity index (χ0n) is 16.4. The summed E-state index contributed by atoms with van der Waals surface area (Å²) in [5.41, 5.74) is -2.00. The van der Waals surface area contributed by atoms with Gasteiger partial charge in [-0.15, -0.1) is 0 Å². The van der Waals surface area contributed by atoms with Crippen LogP contribution in [-0.4, -0.2) is 44.7 Å². The molecule has 6 nitrogen and oxygen atoms in total. The number of aryl methyl sites for hydroxylation is 2. The molecule has 162 valence electrons. The summed E-state index contributed by atoms with van der Waals surface area (Å²) in [5.74, 6) is -5.03. The lowest BCUT2D eigenvalue weighted by Gasteiger charge is -2.24. The Kier molecular flexibility index (Phi) is 5.57. The van der Waals surface area contributed by atoms with Gasteiger partial charge in [0.15, 0.2) is 11.3 Å². The van der Waals surface area contributed by atoms with Crippen molar-refractivity contribution >= 4 is 11.6 Å². The van der Waals surface area contributed by atoms with E-state index < -0.39 is 23.7 Å². The fourth-order valence-electron chi connectivity index (χ4n) is 2.95. The van der Waals surface area contributed by atoms with E-state index in [1.807, 2.05) is 0 Å². The molecule has 1 atom stereocenters. The van der Waals surface area contributed by atoms with Gasteiger partial charge in [-0.05, 0) is 38.5 Å². The van der Waals surface area contributed by atoms with Crippen LogP contribution in [-0.2, 0) is 12.3 Å². The SMILES string of the molecule is Cc1cc(C(F)(F)C(F)(F)F)n2nc(C(=O)N(C)C(C)CCc3ccco3)cc2n1. The highest BCUT2D eigenvalue weighted by Crippen LogP contribution is 2.43. The summed E-state index contributed by atoms with van der Waals surface area (Å²) in [7, 11) is 1.50. The van der Waals surface area contributed by atoms with Gasteiger partial charge in [-0.2, -0.15) is 27.1 Å². The first-order chi connectivity index (χ1) is 13.9. The highest BCUT2D eigenvalue weighted by molar-refractivity contribution is 5.93. The third-order valence-electron chi connectivity index (χ3n) is 4.82. The normalized spacial score (nSPS) is 13.6. The number of fused-ring (bicyclic) bond motifs is 1. The van der Waals surface area contributed by atoms with Crippen molar-refractivity contribution in [1.82, 2.24) is 19.5 Å². The van der Waals surface area contributed by atoms with Crippen LogP contribution in [0.2, 0.25) is 0 Å². The molecule has 0 saturated carbocycles. The molecule has 0 fully saturated rings. The van der Waals surface area contributed by atoms with Crippen molar-refractivity contribution in [3.05, 3.63) is 53.4 Å². The summed E-state index contributed by atoms with van der Waals surface area (Å²) in [4.78, 5) is 18.0. The van der Waals surface area contributed by atoms with E-state index in [4.69, 9.17) is 4.42 Å². The maximum atomic E-state index is 14.0. The van der Waals surface area contributed by atoms with Gasteiger partial charge < -0.3 is 9.32 Å². The molecule has 0 aromatic carbocycles. The number of halogens is 5. The maximum Gasteiger partial charge on any atom is 0.459 e. The number of aromatic nitrogens is 3. The van der Waals surface area contributed by atoms with Crippen LogP contribution in [0.3, 0.4) is 0 Å². The largest absolute Gasteiger partial charge is 0.469 e. The highest BCUT2D eigenvalue weighted by atomic mass is 19.4. The number of carbonyl (C=O) groups is 1. The zero-order valence-corrected chi connectivity index (χ0v) is 16.4. The van der Waals surface area contributed by atoms with E-state index in [9.17, 15) is 26.7 Å². The molecule has 0 aliphatic heterocycles. The first-order valence-electron chi connectivity index (χ1n) is 9.04. The van der Waals surface area contributed by atoms with Crippen LogP contribution >= 0.6 is 0 Å². The third kappa shape index (κ3) is 4.01. The molecule has 0 N–H and O–H groups in total. The van der Waals surface area contributed by atoms with Crippen molar-refractivity contribution in [3.8, 4) is 0 Å². The van der Waals surface area contributed by atoms with Crippen LogP contribution in [0.1, 0.15) is 41.0 Å². The second kappa shape index (κ2) is 7.69. The number of nitrogens with zero attached hydrogens (tertiary/aromatic N) is 4. The number of carbonyl (C=O) groups excluding carboxylic acids is 1. The van der Waals surface area contributed by atoms with Gasteiger partial charge in [0.2, 0.25) is 0 Å². The number of hydrogen-bond acceptors (Lipinski definition) is 4. The Morgan fingerprint density at radius 2 is 1.97 bits per heavy atom. The van der Waals surface area contributed by atoms with Crippen LogP contribution in [0.4, 0.5) is 22.0 Å². The molecule has 3 aromatic rings. The summed E-state index contributed by atoms with van der Waals surface area (Å²) in [6, 6.07) is 4.98. The quantitative estimate of drug-likeness (QED) is 0.545. The molecule has 0 aliphatic rings. The summed E-state index contributed by atoms with van der Waals surface area (Å²) in [5, 5.41) is 3.71. The summed E-state index contributed by atoms with van der Waals surface area (Å²) < 4.78 is 72.2. The van der Waals surface area contributed by atoms with Gasteiger partial charge in [-0.3, -0.25) is 4.79 Å². The smallest absolute Gasteiger partial charge is 0.459 e. The van der Waals surface area contributed by atoms with Crippen molar-refractivity contribution in [3.63, 3.8) is 0 Å². The van der Waals surface area contributed by atoms with Gasteiger partial charge in [0.05, 0.1) is 6.26 Å². The minimum Gasteiger partial charge on any atom is -0.469 e. The number of furan rings is 1. The molecule has 11 heteroatoms. The molecule has 0 bridgehead atoms. The molecular weight excluding hydrogens is 411 g/mol. The Hall–Kier alpha value is -2.98. The maximum absolute atomic E-state index is 14.0. The molecule has 30 heavy (non-hydrogen) atoms. The van der Waals surface area contributed by atoms with Crippen molar-refractivity contribution in [2.24, 2.45) is 0 Å². The van der Waals surface area contributed by atoms with Crippen LogP contribution in [0.25, 0.3) is 5.65 Å². The highest BCUT2D eigenvalue weighted by Gasteiger charge is 2.60. The average Bonchev–Trinajstić information content (AvgIpc) is 3.32. The predicted octanol–water partition coefficient (Wildman–Crippen LogP) is 4.38. The van der Waals surface area contributed by atoms with Crippen molar-refractivity contribution in [2.75, 3.05) is 7.05 Å². The predicted molar refractivity (Wildman–Crippen MR) is 96.3 cm³/mol. The van der Waals surface area contributed by atoms with Crippen molar-refractivity contribution in [2.45, 2.75) is 44.8 Å². The van der Waals surface area contributed by atoms with Crippen LogP contribution < -0.4 is 0 Å². The van der Waals surface area contributed by atoms with Gasteiger partial charge in [-0.1, -0.05) is 0 Å². The molecule has 0 spiro atoms. The lowest BCUT2D eigenvalue weighted by atomic mass is 10.1. The summed E-state index contributed by atoms with van der Waals surface area (Å²) in [6.45, 7) is 3.07. The van der Waals surface area contributed by atoms with E-state index in [0.29, 0.717) is 23.4 Å². The fourth-order valence-corrected chi connectivity index (χ4v) is 2.95. The minimum atomic E-state index is -5.82. The zero-order chi connectivity index (χ0) is 22.3. The van der Waals surface area contributed by atoms with E-state index >= 15 is 0 Å². The number of hydrogen-bond donors (Lipinski definition) is 0. The summed E-state index contributed by atoms with van der Waals surface area (Å²) in [6.07, 6.45) is -3.16. The molecule has 0 aliphatic carbocycles. The van der Waals surface area contributed by atoms with E-state index in [2.05, 4.69) is 10.1 Å². The monoisotopic (exact) mass is 430 g/mol. The van der Waals surface area contributed by atoms with E-state index in [1.54, 1.807) is 19.1 Å². The molecule has 3 heterocycles. The topological polar surface area (TPSA) is 63.6 Å². The molecule has 1 unspecified atom stereocenters. The van der Waals surface area contributed by atoms with Crippen LogP contribution in [0, 0.1) is 6.92 Å². The standard InChI is InChI=1S/C19H19F5N4O2/c1-11-9-15(18(20,21)19(22,23)24)28-16(25-11)10-14(26-28)17(29)27(3)12(2)6-7-13-5-4-8-30-13/h4-5,8-10,12H,6-7H2,1-3H3. The first kappa shape index (κ1) is 21.7. The first-order valence-corrected chi connectivity index (χ1v) is 9.04. The van der Waals surface area contributed by atoms with Gasteiger partial charge in [0, 0.05) is 31.3 Å². The van der Waals surface area contributed by atoms with Gasteiger partial charge in [0.25, 0.3) is 5.91 Å². The molecule has 0 radical (unpaired) electrons. The minimum absolute atomic E-state index is 0.0551. The van der Waals surface area contributed by atoms with E-state index in [1.165, 1.54) is 25.1 Å². The number of alkyl halides is 5. The van der Waals surface area contributed by atoms with Gasteiger partial charge in [0.1, 0.15) is 11.5 Å². The van der Waals surface area contributed by atoms with E-state index in [0.717, 1.165) is 11.8 Å². The second-order valence-corrected chi connectivity index (χ2v) is 7.04. The Labute approximate surface area is 168 Å². The van der Waals surface area contributed by atoms with Gasteiger partial charge >= 0.3 is 12.1 Å². The van der Waals surface area contributed by atoms with E-state index in [-0.39, 0.29) is 23.1 Å². The molecule has 3 aromatic heterocycles. The van der Waals surface area contributed by atoms with Gasteiger partial charge in [-0.25, -0.2) is 9.50 Å². The molecule has 0 saturated heterocycles. The Balaban J connectivity index is 1.89. The number of amides is 1. The lowest BCUT2D eigenvalue weighted by Crippen LogP contribution is -2.36. The van der Waals surface area contributed by atoms with Crippen LogP contribution in [0.5, 0.6) is 0 Å². The summed E-state index contributed by atoms with van der Waals surface area (Å²) >= 11 is 0. The average molecular weight is 430 g/mol. The lowest BCUT2D eigenvalue weighted by molar-refractivity contribution is -0.291. The van der Waals surface area contributed by atoms with Crippen molar-refractivity contribution < 1.29 is 31.2 Å². The van der Waals surface area contributed by atoms with Crippen molar-refractivity contribution in [1.29, 1.82) is 0 Å². The molecular formula is C19H19F5N4O2. The molecule has 1 amide bonds. The second-order valence-electron chi connectivity index (χ2n) is 7.04. The Morgan fingerprint density at radius 3 is 2.57 bits per heavy atom. The molecule has 3 rings (SSSR count). The third-order valence-corrected chi connectivity index (χ3v) is 4.82. The Morgan fingerprint density at radius 1 is 1.27 bits per heavy atom. The number of rotatable bonds is 6.